The second-order valence-corrected chi connectivity index (χ2v) is 12.6. The number of ketones is 2. The van der Waals surface area contributed by atoms with Crippen molar-refractivity contribution in [2.75, 3.05) is 26.3 Å². The van der Waals surface area contributed by atoms with Gasteiger partial charge in [0.15, 0.2) is 11.6 Å². The number of hydrogen-bond donors (Lipinski definition) is 3. The smallest absolute Gasteiger partial charge is 0.187 e. The van der Waals surface area contributed by atoms with Gasteiger partial charge < -0.3 is 25.2 Å². The first-order chi connectivity index (χ1) is 23.5. The molecule has 0 unspecified atom stereocenters. The number of allylic oxidation sites excluding steroid dienone is 2. The molecule has 0 amide bonds. The molecule has 48 heavy (non-hydrogen) atoms. The summed E-state index contributed by atoms with van der Waals surface area (Å²) in [6, 6.07) is 14.4. The van der Waals surface area contributed by atoms with E-state index in [0.29, 0.717) is 24.3 Å². The molecule has 0 aliphatic heterocycles. The van der Waals surface area contributed by atoms with Gasteiger partial charge in [-0.1, -0.05) is 104 Å². The van der Waals surface area contributed by atoms with Crippen molar-refractivity contribution in [3.05, 3.63) is 84.2 Å². The summed E-state index contributed by atoms with van der Waals surface area (Å²) in [5.41, 5.74) is 1.15. The minimum atomic E-state index is -0.709. The zero-order chi connectivity index (χ0) is 34.5. The topological polar surface area (TPSA) is 96.9 Å². The van der Waals surface area contributed by atoms with E-state index in [1.807, 2.05) is 24.3 Å². The van der Waals surface area contributed by atoms with Crippen LogP contribution in [0.25, 0.3) is 0 Å². The van der Waals surface area contributed by atoms with E-state index in [4.69, 9.17) is 9.47 Å². The molecule has 0 radical (unpaired) electrons. The van der Waals surface area contributed by atoms with E-state index in [9.17, 15) is 14.7 Å². The summed E-state index contributed by atoms with van der Waals surface area (Å²) in [6.45, 7) is 6.37. The summed E-state index contributed by atoms with van der Waals surface area (Å²) in [6.07, 6.45) is 25.5. The quantitative estimate of drug-likeness (QED) is 0.0436. The van der Waals surface area contributed by atoms with E-state index in [1.54, 1.807) is 36.7 Å². The second-order valence-electron chi connectivity index (χ2n) is 12.6. The first kappa shape index (κ1) is 40.6. The Morgan fingerprint density at radius 2 is 0.896 bits per heavy atom. The van der Waals surface area contributed by atoms with Gasteiger partial charge in [-0.3, -0.25) is 9.59 Å². The lowest BCUT2D eigenvalue weighted by atomic mass is 10.1. The molecule has 3 N–H and O–H groups in total. The third-order valence-corrected chi connectivity index (χ3v) is 8.22. The lowest BCUT2D eigenvalue weighted by Gasteiger charge is -2.10. The second kappa shape index (κ2) is 27.4. The maximum absolute atomic E-state index is 12.5. The zero-order valence-electron chi connectivity index (χ0n) is 29.7. The van der Waals surface area contributed by atoms with E-state index in [1.165, 1.54) is 102 Å². The summed E-state index contributed by atoms with van der Waals surface area (Å²) < 4.78 is 11.6. The predicted molar refractivity (Wildman–Crippen MR) is 198 cm³/mol. The van der Waals surface area contributed by atoms with Crippen LogP contribution in [0.4, 0.5) is 0 Å². The number of aliphatic hydroxyl groups excluding tert-OH is 1. The summed E-state index contributed by atoms with van der Waals surface area (Å²) >= 11 is 0. The Hall–Kier alpha value is -3.58. The average Bonchev–Trinajstić information content (AvgIpc) is 3.11. The first-order valence-electron chi connectivity index (χ1n) is 18.6. The molecule has 0 heterocycles. The van der Waals surface area contributed by atoms with Gasteiger partial charge in [-0.2, -0.15) is 0 Å². The standard InChI is InChI=1S/C41H62N2O5/c1-3-5-7-9-11-13-15-17-31-47-38-23-19-35(20-24-38)40(45)27-29-42-33-37(44)34-43-30-28-41(46)36-21-25-39(26-22-36)48-32-18-16-14-12-10-8-6-4-2/h19-30,37,42-44H,3-18,31-34H2,1-2H3. The van der Waals surface area contributed by atoms with Gasteiger partial charge >= 0.3 is 0 Å². The molecular weight excluding hydrogens is 600 g/mol. The van der Waals surface area contributed by atoms with E-state index in [0.717, 1.165) is 24.3 Å². The molecule has 0 saturated heterocycles. The Morgan fingerprint density at radius 3 is 1.25 bits per heavy atom. The number of benzene rings is 2. The highest BCUT2D eigenvalue weighted by molar-refractivity contribution is 6.05. The number of carbonyl (C=O) groups is 2. The van der Waals surface area contributed by atoms with Gasteiger partial charge in [-0.15, -0.1) is 0 Å². The van der Waals surface area contributed by atoms with Crippen LogP contribution in [0.15, 0.2) is 73.1 Å². The van der Waals surface area contributed by atoms with Crippen LogP contribution in [0.3, 0.4) is 0 Å². The van der Waals surface area contributed by atoms with Crippen LogP contribution in [0.5, 0.6) is 11.5 Å². The fourth-order valence-electron chi connectivity index (χ4n) is 5.22. The van der Waals surface area contributed by atoms with Crippen LogP contribution in [0, 0.1) is 0 Å². The Balaban J connectivity index is 1.53. The van der Waals surface area contributed by atoms with E-state index < -0.39 is 6.10 Å². The van der Waals surface area contributed by atoms with Gasteiger partial charge in [0.1, 0.15) is 11.5 Å². The van der Waals surface area contributed by atoms with E-state index >= 15 is 0 Å². The number of ether oxygens (including phenoxy) is 2. The van der Waals surface area contributed by atoms with Crippen molar-refractivity contribution < 1.29 is 24.2 Å². The third-order valence-electron chi connectivity index (χ3n) is 8.22. The summed E-state index contributed by atoms with van der Waals surface area (Å²) in [5.74, 6) is 1.29. The van der Waals surface area contributed by atoms with Crippen molar-refractivity contribution in [1.82, 2.24) is 10.6 Å². The van der Waals surface area contributed by atoms with Crippen LogP contribution in [-0.2, 0) is 0 Å². The van der Waals surface area contributed by atoms with Crippen molar-refractivity contribution in [3.8, 4) is 11.5 Å². The minimum Gasteiger partial charge on any atom is -0.494 e. The number of unbranched alkanes of at least 4 members (excludes halogenated alkanes) is 14. The highest BCUT2D eigenvalue weighted by Crippen LogP contribution is 2.16. The lowest BCUT2D eigenvalue weighted by Crippen LogP contribution is -2.31. The molecule has 7 heteroatoms. The molecule has 0 fully saturated rings. The Labute approximate surface area is 290 Å². The van der Waals surface area contributed by atoms with Crippen molar-refractivity contribution in [2.45, 2.75) is 123 Å². The average molecular weight is 663 g/mol. The Morgan fingerprint density at radius 1 is 0.562 bits per heavy atom. The Bertz CT molecular complexity index is 1070. The summed E-state index contributed by atoms with van der Waals surface area (Å²) in [5, 5.41) is 16.1. The molecule has 2 aromatic rings. The van der Waals surface area contributed by atoms with Gasteiger partial charge in [0.2, 0.25) is 0 Å². The lowest BCUT2D eigenvalue weighted by molar-refractivity contribution is 0.103. The van der Waals surface area contributed by atoms with Gasteiger partial charge in [-0.25, -0.2) is 0 Å². The molecule has 0 aliphatic rings. The molecule has 0 bridgehead atoms. The summed E-state index contributed by atoms with van der Waals surface area (Å²) in [7, 11) is 0. The number of rotatable bonds is 30. The fraction of sp³-hybridized carbons (Fsp3) is 0.561. The number of aliphatic hydroxyl groups is 1. The zero-order valence-corrected chi connectivity index (χ0v) is 29.7. The van der Waals surface area contributed by atoms with Crippen LogP contribution in [-0.4, -0.2) is 49.1 Å². The van der Waals surface area contributed by atoms with Gasteiger partial charge in [0.25, 0.3) is 0 Å². The molecule has 0 saturated carbocycles. The Kier molecular flexibility index (Phi) is 23.2. The normalized spacial score (nSPS) is 12.0. The van der Waals surface area contributed by atoms with Crippen LogP contribution >= 0.6 is 0 Å². The van der Waals surface area contributed by atoms with Crippen LogP contribution in [0.2, 0.25) is 0 Å². The van der Waals surface area contributed by atoms with Crippen molar-refractivity contribution >= 4 is 11.6 Å². The van der Waals surface area contributed by atoms with Gasteiger partial charge in [-0.05, 0) is 61.4 Å². The van der Waals surface area contributed by atoms with E-state index in [2.05, 4.69) is 24.5 Å². The fourth-order valence-corrected chi connectivity index (χ4v) is 5.22. The predicted octanol–water partition coefficient (Wildman–Crippen LogP) is 9.36. The van der Waals surface area contributed by atoms with E-state index in [-0.39, 0.29) is 24.7 Å². The molecule has 266 valence electrons. The molecule has 2 rings (SSSR count). The molecule has 0 aromatic heterocycles. The molecule has 0 aliphatic carbocycles. The first-order valence-corrected chi connectivity index (χ1v) is 18.6. The maximum Gasteiger partial charge on any atom is 0.187 e. The summed E-state index contributed by atoms with van der Waals surface area (Å²) in [4.78, 5) is 24.9. The number of carbonyl (C=O) groups excluding carboxylic acids is 2. The van der Waals surface area contributed by atoms with Crippen molar-refractivity contribution in [1.29, 1.82) is 0 Å². The third kappa shape index (κ3) is 19.9. The maximum atomic E-state index is 12.5. The van der Waals surface area contributed by atoms with Crippen molar-refractivity contribution in [3.63, 3.8) is 0 Å². The molecule has 2 aromatic carbocycles. The highest BCUT2D eigenvalue weighted by Gasteiger charge is 2.05. The molecular formula is C41H62N2O5. The van der Waals surface area contributed by atoms with Gasteiger partial charge in [0.05, 0.1) is 19.3 Å². The van der Waals surface area contributed by atoms with Crippen LogP contribution < -0.4 is 20.1 Å². The molecule has 7 nitrogen and oxygen atoms in total. The monoisotopic (exact) mass is 662 g/mol. The SMILES string of the molecule is CCCCCCCCCCOc1ccc(C(=O)C=CNCC(O)CNC=CC(=O)c2ccc(OCCCCCCCCCC)cc2)cc1. The molecule has 0 spiro atoms. The molecule has 0 atom stereocenters. The number of nitrogens with one attached hydrogen (secondary N) is 2. The van der Waals surface area contributed by atoms with Crippen molar-refractivity contribution in [2.24, 2.45) is 0 Å². The van der Waals surface area contributed by atoms with Gasteiger partial charge in [0, 0.05) is 48.8 Å². The highest BCUT2D eigenvalue weighted by atomic mass is 16.5. The largest absolute Gasteiger partial charge is 0.494 e. The van der Waals surface area contributed by atoms with Crippen LogP contribution in [0.1, 0.15) is 137 Å². The number of hydrogen-bond acceptors (Lipinski definition) is 7. The minimum absolute atomic E-state index is 0.130.